The average Bonchev–Trinajstić information content (AvgIpc) is 2.55. The van der Waals surface area contributed by atoms with Gasteiger partial charge < -0.3 is 15.6 Å². The highest BCUT2D eigenvalue weighted by atomic mass is 16.2. The number of carbonyl (C=O) groups excluding carboxylic acids is 1. The monoisotopic (exact) mass is 307 g/mol. The number of hydrogen-bond donors (Lipinski definition) is 3. The van der Waals surface area contributed by atoms with Crippen molar-refractivity contribution in [2.45, 2.75) is 13.5 Å². The first-order valence-electron chi connectivity index (χ1n) is 7.34. The largest absolute Gasteiger partial charge is 0.334 e. The lowest BCUT2D eigenvalue weighted by Crippen LogP contribution is -2.28. The molecule has 1 aromatic heterocycles. The number of aromatic nitrogens is 1. The van der Waals surface area contributed by atoms with Gasteiger partial charge in [0.25, 0.3) is 5.56 Å². The van der Waals surface area contributed by atoms with Crippen molar-refractivity contribution >= 4 is 22.6 Å². The van der Waals surface area contributed by atoms with E-state index in [1.54, 1.807) is 13.0 Å². The molecule has 2 amide bonds. The lowest BCUT2D eigenvalue weighted by Gasteiger charge is -2.09. The van der Waals surface area contributed by atoms with Crippen LogP contribution in [-0.2, 0) is 6.54 Å². The minimum absolute atomic E-state index is 0.122. The van der Waals surface area contributed by atoms with E-state index in [2.05, 4.69) is 15.6 Å². The molecule has 0 spiro atoms. The molecule has 3 aromatic rings. The highest BCUT2D eigenvalue weighted by Crippen LogP contribution is 2.16. The van der Waals surface area contributed by atoms with E-state index in [-0.39, 0.29) is 11.6 Å². The number of rotatable bonds is 3. The summed E-state index contributed by atoms with van der Waals surface area (Å²) in [6.07, 6.45) is 0. The van der Waals surface area contributed by atoms with E-state index in [0.717, 1.165) is 10.9 Å². The second kappa shape index (κ2) is 6.36. The van der Waals surface area contributed by atoms with Crippen LogP contribution in [0.25, 0.3) is 10.9 Å². The number of nitrogens with one attached hydrogen (secondary N) is 3. The first kappa shape index (κ1) is 14.8. The minimum atomic E-state index is -0.289. The van der Waals surface area contributed by atoms with Crippen molar-refractivity contribution in [3.05, 3.63) is 76.1 Å². The molecule has 2 aromatic carbocycles. The Morgan fingerprint density at radius 3 is 2.65 bits per heavy atom. The summed E-state index contributed by atoms with van der Waals surface area (Å²) in [5, 5.41) is 6.49. The minimum Gasteiger partial charge on any atom is -0.334 e. The van der Waals surface area contributed by atoms with E-state index < -0.39 is 0 Å². The SMILES string of the molecule is Cc1cc2ccc(NC(=O)NCc3ccccc3)cc2[nH]c1=O. The Bertz CT molecular complexity index is 901. The van der Waals surface area contributed by atoms with Crippen LogP contribution in [0.4, 0.5) is 10.5 Å². The molecule has 3 N–H and O–H groups in total. The molecular formula is C18H17N3O2. The fraction of sp³-hybridized carbons (Fsp3) is 0.111. The zero-order chi connectivity index (χ0) is 16.2. The zero-order valence-corrected chi connectivity index (χ0v) is 12.7. The predicted molar refractivity (Wildman–Crippen MR) is 91.6 cm³/mol. The molecule has 0 unspecified atom stereocenters. The molecule has 23 heavy (non-hydrogen) atoms. The number of urea groups is 1. The van der Waals surface area contributed by atoms with Crippen LogP contribution < -0.4 is 16.2 Å². The van der Waals surface area contributed by atoms with Crippen LogP contribution in [-0.4, -0.2) is 11.0 Å². The highest BCUT2D eigenvalue weighted by molar-refractivity contribution is 5.92. The van der Waals surface area contributed by atoms with Gasteiger partial charge in [0.1, 0.15) is 0 Å². The Hall–Kier alpha value is -3.08. The van der Waals surface area contributed by atoms with Gasteiger partial charge in [-0.25, -0.2) is 4.79 Å². The third kappa shape index (κ3) is 3.58. The van der Waals surface area contributed by atoms with Gasteiger partial charge in [-0.15, -0.1) is 0 Å². The molecule has 5 nitrogen and oxygen atoms in total. The van der Waals surface area contributed by atoms with Crippen LogP contribution >= 0.6 is 0 Å². The van der Waals surface area contributed by atoms with Crippen molar-refractivity contribution in [3.8, 4) is 0 Å². The number of carbonyl (C=O) groups is 1. The lowest BCUT2D eigenvalue weighted by atomic mass is 10.1. The molecule has 3 rings (SSSR count). The Labute approximate surface area is 133 Å². The average molecular weight is 307 g/mol. The van der Waals surface area contributed by atoms with Crippen LogP contribution in [0.3, 0.4) is 0 Å². The number of pyridine rings is 1. The maximum absolute atomic E-state index is 11.9. The number of H-pyrrole nitrogens is 1. The first-order valence-corrected chi connectivity index (χ1v) is 7.34. The topological polar surface area (TPSA) is 74.0 Å². The third-order valence-electron chi connectivity index (χ3n) is 3.59. The Balaban J connectivity index is 1.70. The molecule has 0 atom stereocenters. The highest BCUT2D eigenvalue weighted by Gasteiger charge is 2.04. The number of aromatic amines is 1. The van der Waals surface area contributed by atoms with Gasteiger partial charge in [0.05, 0.1) is 5.52 Å². The number of fused-ring (bicyclic) bond motifs is 1. The molecule has 0 aliphatic carbocycles. The summed E-state index contributed by atoms with van der Waals surface area (Å²) >= 11 is 0. The molecule has 0 radical (unpaired) electrons. The first-order chi connectivity index (χ1) is 11.1. The number of aryl methyl sites for hydroxylation is 1. The third-order valence-corrected chi connectivity index (χ3v) is 3.59. The summed E-state index contributed by atoms with van der Waals surface area (Å²) in [6, 6.07) is 16.6. The number of benzene rings is 2. The quantitative estimate of drug-likeness (QED) is 0.695. The molecule has 0 fully saturated rings. The normalized spacial score (nSPS) is 10.5. The van der Waals surface area contributed by atoms with Crippen LogP contribution in [0.15, 0.2) is 59.4 Å². The second-order valence-corrected chi connectivity index (χ2v) is 5.38. The standard InChI is InChI=1S/C18H17N3O2/c1-12-9-14-7-8-15(10-16(14)21-17(12)22)20-18(23)19-11-13-5-3-2-4-6-13/h2-10H,11H2,1H3,(H,21,22)(H2,19,20,23). The molecule has 0 saturated heterocycles. The van der Waals surface area contributed by atoms with E-state index in [4.69, 9.17) is 0 Å². The van der Waals surface area contributed by atoms with E-state index in [9.17, 15) is 9.59 Å². The zero-order valence-electron chi connectivity index (χ0n) is 12.7. The molecule has 0 bridgehead atoms. The van der Waals surface area contributed by atoms with Gasteiger partial charge in [-0.2, -0.15) is 0 Å². The summed E-state index contributed by atoms with van der Waals surface area (Å²) in [7, 11) is 0. The van der Waals surface area contributed by atoms with E-state index in [1.807, 2.05) is 48.5 Å². The molecule has 5 heteroatoms. The lowest BCUT2D eigenvalue weighted by molar-refractivity contribution is 0.251. The van der Waals surface area contributed by atoms with Gasteiger partial charge in [-0.05, 0) is 36.1 Å². The summed E-state index contributed by atoms with van der Waals surface area (Å²) in [5.74, 6) is 0. The van der Waals surface area contributed by atoms with Gasteiger partial charge >= 0.3 is 6.03 Å². The number of anilines is 1. The van der Waals surface area contributed by atoms with Crippen molar-refractivity contribution in [1.29, 1.82) is 0 Å². The summed E-state index contributed by atoms with van der Waals surface area (Å²) in [5.41, 5.74) is 2.90. The van der Waals surface area contributed by atoms with E-state index >= 15 is 0 Å². The van der Waals surface area contributed by atoms with Crippen LogP contribution in [0.1, 0.15) is 11.1 Å². The molecule has 116 valence electrons. The van der Waals surface area contributed by atoms with Gasteiger partial charge in [-0.1, -0.05) is 36.4 Å². The smallest absolute Gasteiger partial charge is 0.319 e. The summed E-state index contributed by atoms with van der Waals surface area (Å²) in [4.78, 5) is 26.4. The predicted octanol–water partition coefficient (Wildman–Crippen LogP) is 3.16. The Kier molecular flexibility index (Phi) is 4.10. The number of amides is 2. The second-order valence-electron chi connectivity index (χ2n) is 5.38. The van der Waals surface area contributed by atoms with Crippen molar-refractivity contribution in [2.75, 3.05) is 5.32 Å². The van der Waals surface area contributed by atoms with Crippen molar-refractivity contribution in [1.82, 2.24) is 10.3 Å². The maximum Gasteiger partial charge on any atom is 0.319 e. The van der Waals surface area contributed by atoms with Crippen molar-refractivity contribution in [3.63, 3.8) is 0 Å². The van der Waals surface area contributed by atoms with Crippen LogP contribution in [0.2, 0.25) is 0 Å². The molecular weight excluding hydrogens is 290 g/mol. The number of hydrogen-bond acceptors (Lipinski definition) is 2. The summed E-state index contributed by atoms with van der Waals surface area (Å²) in [6.45, 7) is 2.22. The van der Waals surface area contributed by atoms with E-state index in [0.29, 0.717) is 23.3 Å². The van der Waals surface area contributed by atoms with Crippen molar-refractivity contribution < 1.29 is 4.79 Å². The molecule has 0 aliphatic rings. The maximum atomic E-state index is 11.9. The Morgan fingerprint density at radius 1 is 1.09 bits per heavy atom. The van der Waals surface area contributed by atoms with Gasteiger partial charge in [0, 0.05) is 17.8 Å². The molecule has 1 heterocycles. The van der Waals surface area contributed by atoms with E-state index in [1.165, 1.54) is 0 Å². The molecule has 0 saturated carbocycles. The van der Waals surface area contributed by atoms with Gasteiger partial charge in [-0.3, -0.25) is 4.79 Å². The summed E-state index contributed by atoms with van der Waals surface area (Å²) < 4.78 is 0. The van der Waals surface area contributed by atoms with Gasteiger partial charge in [0.15, 0.2) is 0 Å². The van der Waals surface area contributed by atoms with Crippen LogP contribution in [0, 0.1) is 6.92 Å². The van der Waals surface area contributed by atoms with Gasteiger partial charge in [0.2, 0.25) is 0 Å². The molecule has 0 aliphatic heterocycles. The fourth-order valence-electron chi connectivity index (χ4n) is 2.34. The fourth-order valence-corrected chi connectivity index (χ4v) is 2.34. The Morgan fingerprint density at radius 2 is 1.87 bits per heavy atom. The van der Waals surface area contributed by atoms with Crippen LogP contribution in [0.5, 0.6) is 0 Å². The van der Waals surface area contributed by atoms with Crippen molar-refractivity contribution in [2.24, 2.45) is 0 Å².